The number of halogens is 5. The van der Waals surface area contributed by atoms with E-state index in [2.05, 4.69) is 16.1 Å². The summed E-state index contributed by atoms with van der Waals surface area (Å²) in [5, 5.41) is 22.9. The van der Waals surface area contributed by atoms with Crippen molar-refractivity contribution in [3.63, 3.8) is 0 Å². The molecule has 0 saturated carbocycles. The number of aromatic nitrogens is 1. The van der Waals surface area contributed by atoms with Gasteiger partial charge in [0.1, 0.15) is 0 Å². The van der Waals surface area contributed by atoms with E-state index in [4.69, 9.17) is 23.2 Å². The number of aromatic carboxylic acids is 1. The monoisotopic (exact) mass is 703 g/mol. The van der Waals surface area contributed by atoms with Gasteiger partial charge in [-0.05, 0) is 83.1 Å². The molecule has 7 nitrogen and oxygen atoms in total. The topological polar surface area (TPSA) is 104 Å². The van der Waals surface area contributed by atoms with Crippen LogP contribution in [-0.4, -0.2) is 28.6 Å². The summed E-state index contributed by atoms with van der Waals surface area (Å²) in [7, 11) is 0. The van der Waals surface area contributed by atoms with Crippen LogP contribution in [0.3, 0.4) is 0 Å². The molecule has 1 aliphatic rings. The van der Waals surface area contributed by atoms with Crippen molar-refractivity contribution in [2.24, 2.45) is 0 Å². The second-order valence-corrected chi connectivity index (χ2v) is 12.3. The Morgan fingerprint density at radius 1 is 0.980 bits per heavy atom. The zero-order chi connectivity index (χ0) is 34.9. The third-order valence-electron chi connectivity index (χ3n) is 8.47. The van der Waals surface area contributed by atoms with Gasteiger partial charge in [0.2, 0.25) is 0 Å². The zero-order valence-electron chi connectivity index (χ0n) is 25.5. The van der Waals surface area contributed by atoms with E-state index < -0.39 is 30.5 Å². The highest BCUT2D eigenvalue weighted by atomic mass is 35.5. The predicted octanol–water partition coefficient (Wildman–Crippen LogP) is 9.42. The summed E-state index contributed by atoms with van der Waals surface area (Å²) in [6, 6.07) is 25.0. The lowest BCUT2D eigenvalue weighted by molar-refractivity contribution is -0.325. The smallest absolute Gasteiger partial charge is 0.478 e. The third kappa shape index (κ3) is 7.34. The molecule has 49 heavy (non-hydrogen) atoms. The number of rotatable bonds is 10. The van der Waals surface area contributed by atoms with Gasteiger partial charge in [-0.15, -0.1) is 13.2 Å². The maximum Gasteiger partial charge on any atom is 0.522 e. The van der Waals surface area contributed by atoms with Crippen molar-refractivity contribution >= 4 is 40.5 Å². The van der Waals surface area contributed by atoms with E-state index >= 15 is 0 Å². The molecular formula is C37H26Cl2F3N3O4. The number of carboxylic acid groups (broad SMARTS) is 1. The number of carboxylic acids is 1. The van der Waals surface area contributed by atoms with E-state index in [9.17, 15) is 33.1 Å². The predicted molar refractivity (Wildman–Crippen MR) is 182 cm³/mol. The second-order valence-electron chi connectivity index (χ2n) is 11.5. The SMILES string of the molecule is N#Cc1ccc(Cl)cc1-c1cc(=O)n(C(CCOC(F)(F)F)Cc2ccc3c(c2Nc2ccc(C(=O)O)cc2)Cc2ccccc2-3)cc1Cl. The molecule has 1 heterocycles. The molecule has 6 rings (SSSR count). The number of fused-ring (bicyclic) bond motifs is 3. The number of pyridine rings is 1. The number of anilines is 2. The molecule has 1 aliphatic carbocycles. The number of nitrogens with one attached hydrogen (secondary N) is 1. The molecule has 0 fully saturated rings. The average molecular weight is 705 g/mol. The first-order valence-electron chi connectivity index (χ1n) is 15.1. The van der Waals surface area contributed by atoms with Crippen molar-refractivity contribution in [3.05, 3.63) is 139 Å². The zero-order valence-corrected chi connectivity index (χ0v) is 27.0. The summed E-state index contributed by atoms with van der Waals surface area (Å²) >= 11 is 12.9. The van der Waals surface area contributed by atoms with Gasteiger partial charge in [-0.2, -0.15) is 5.26 Å². The molecule has 1 unspecified atom stereocenters. The standard InChI is InChI=1S/C37H26Cl2F3N3O4/c38-25-9-5-24(19-43)30(17-25)31-18-34(46)45(20-33(31)39)27(13-14-49-37(40,41)42)15-23-8-12-29-28-4-2-1-3-22(28)16-32(29)35(23)44-26-10-6-21(7-11-26)36(47)48/h1-12,17-18,20,27,44H,13-16H2,(H,47,48). The Morgan fingerprint density at radius 2 is 1.73 bits per heavy atom. The minimum absolute atomic E-state index is 0.0985. The number of nitrogens with zero attached hydrogens (tertiary/aromatic N) is 2. The lowest BCUT2D eigenvalue weighted by Crippen LogP contribution is -2.28. The van der Waals surface area contributed by atoms with Gasteiger partial charge in [0.05, 0.1) is 28.8 Å². The van der Waals surface area contributed by atoms with Crippen LogP contribution < -0.4 is 10.9 Å². The van der Waals surface area contributed by atoms with Crippen molar-refractivity contribution in [2.45, 2.75) is 31.7 Å². The van der Waals surface area contributed by atoms with Crippen molar-refractivity contribution < 1.29 is 27.8 Å². The van der Waals surface area contributed by atoms with Crippen molar-refractivity contribution in [1.29, 1.82) is 5.26 Å². The highest BCUT2D eigenvalue weighted by molar-refractivity contribution is 6.33. The van der Waals surface area contributed by atoms with Crippen LogP contribution >= 0.6 is 23.2 Å². The van der Waals surface area contributed by atoms with Crippen LogP contribution in [-0.2, 0) is 17.6 Å². The van der Waals surface area contributed by atoms with Gasteiger partial charge in [0.25, 0.3) is 5.56 Å². The minimum Gasteiger partial charge on any atom is -0.478 e. The Morgan fingerprint density at radius 3 is 2.45 bits per heavy atom. The number of benzene rings is 4. The first-order chi connectivity index (χ1) is 23.4. The van der Waals surface area contributed by atoms with E-state index in [1.165, 1.54) is 47.2 Å². The third-order valence-corrected chi connectivity index (χ3v) is 9.00. The Hall–Kier alpha value is -5.08. The number of nitriles is 1. The van der Waals surface area contributed by atoms with Crippen molar-refractivity contribution in [2.75, 3.05) is 11.9 Å². The number of hydrogen-bond acceptors (Lipinski definition) is 5. The summed E-state index contributed by atoms with van der Waals surface area (Å²) < 4.78 is 44.7. The van der Waals surface area contributed by atoms with Gasteiger partial charge in [0.15, 0.2) is 0 Å². The van der Waals surface area contributed by atoms with E-state index in [1.807, 2.05) is 36.4 Å². The summed E-state index contributed by atoms with van der Waals surface area (Å²) in [6.07, 6.45) is -3.01. The van der Waals surface area contributed by atoms with Gasteiger partial charge in [-0.3, -0.25) is 9.53 Å². The first kappa shape index (κ1) is 33.8. The summed E-state index contributed by atoms with van der Waals surface area (Å²) in [4.78, 5) is 25.2. The highest BCUT2D eigenvalue weighted by Gasteiger charge is 2.30. The Bertz CT molecular complexity index is 2180. The molecule has 5 aromatic rings. The van der Waals surface area contributed by atoms with Gasteiger partial charge < -0.3 is 15.0 Å². The molecular weight excluding hydrogens is 678 g/mol. The molecule has 248 valence electrons. The van der Waals surface area contributed by atoms with E-state index in [-0.39, 0.29) is 34.6 Å². The normalized spacial score (nSPS) is 12.6. The molecule has 0 spiro atoms. The van der Waals surface area contributed by atoms with E-state index in [0.717, 1.165) is 22.3 Å². The van der Waals surface area contributed by atoms with Crippen molar-refractivity contribution in [3.8, 4) is 28.3 Å². The lowest BCUT2D eigenvalue weighted by atomic mass is 9.94. The highest BCUT2D eigenvalue weighted by Crippen LogP contribution is 2.44. The van der Waals surface area contributed by atoms with Crippen LogP contribution in [0.25, 0.3) is 22.3 Å². The Balaban J connectivity index is 1.43. The van der Waals surface area contributed by atoms with Crippen LogP contribution in [0, 0.1) is 11.3 Å². The van der Waals surface area contributed by atoms with Crippen LogP contribution in [0.4, 0.5) is 24.5 Å². The average Bonchev–Trinajstić information content (AvgIpc) is 3.45. The number of hydrogen-bond donors (Lipinski definition) is 2. The molecule has 0 radical (unpaired) electrons. The molecule has 0 aliphatic heterocycles. The number of ether oxygens (including phenoxy) is 1. The van der Waals surface area contributed by atoms with Gasteiger partial charge in [0, 0.05) is 52.3 Å². The molecule has 1 atom stereocenters. The fourth-order valence-electron chi connectivity index (χ4n) is 6.18. The lowest BCUT2D eigenvalue weighted by Gasteiger charge is -2.24. The maximum absolute atomic E-state index is 13.7. The molecule has 4 aromatic carbocycles. The summed E-state index contributed by atoms with van der Waals surface area (Å²) in [6.45, 7) is -0.720. The summed E-state index contributed by atoms with van der Waals surface area (Å²) in [5.41, 5.74) is 6.52. The molecule has 1 aromatic heterocycles. The quantitative estimate of drug-likeness (QED) is 0.147. The van der Waals surface area contributed by atoms with Crippen LogP contribution in [0.15, 0.2) is 95.9 Å². The molecule has 0 bridgehead atoms. The molecule has 12 heteroatoms. The molecule has 0 amide bonds. The maximum atomic E-state index is 13.7. The van der Waals surface area contributed by atoms with Gasteiger partial charge >= 0.3 is 12.3 Å². The first-order valence-corrected chi connectivity index (χ1v) is 15.8. The largest absolute Gasteiger partial charge is 0.522 e. The van der Waals surface area contributed by atoms with E-state index in [1.54, 1.807) is 12.1 Å². The van der Waals surface area contributed by atoms with Gasteiger partial charge in [-0.25, -0.2) is 4.79 Å². The number of alkyl halides is 3. The van der Waals surface area contributed by atoms with Crippen LogP contribution in [0.2, 0.25) is 10.0 Å². The molecule has 2 N–H and O–H groups in total. The van der Waals surface area contributed by atoms with Crippen LogP contribution in [0.1, 0.15) is 45.1 Å². The fraction of sp³-hybridized carbons (Fsp3) is 0.162. The van der Waals surface area contributed by atoms with Gasteiger partial charge in [-0.1, -0.05) is 59.6 Å². The summed E-state index contributed by atoms with van der Waals surface area (Å²) in [5.74, 6) is -1.07. The van der Waals surface area contributed by atoms with E-state index in [0.29, 0.717) is 33.9 Å². The number of carbonyl (C=O) groups is 1. The minimum atomic E-state index is -4.87. The van der Waals surface area contributed by atoms with Crippen molar-refractivity contribution in [1.82, 2.24) is 4.57 Å². The second kappa shape index (κ2) is 13.8. The Labute approximate surface area is 288 Å². The molecule has 0 saturated heterocycles. The fourth-order valence-corrected chi connectivity index (χ4v) is 6.61. The van der Waals surface area contributed by atoms with Crippen LogP contribution in [0.5, 0.6) is 0 Å². The Kier molecular flexibility index (Phi) is 9.52.